The maximum atomic E-state index is 13.3. The lowest BCUT2D eigenvalue weighted by Crippen LogP contribution is -2.38. The summed E-state index contributed by atoms with van der Waals surface area (Å²) in [6, 6.07) is 3.52. The number of benzene rings is 1. The Bertz CT molecular complexity index is 562. The maximum Gasteiger partial charge on any atom is 0.308 e. The number of amides is 1. The number of aliphatic carboxylic acids is 1. The molecule has 2 atom stereocenters. The van der Waals surface area contributed by atoms with E-state index in [1.54, 1.807) is 11.8 Å². The van der Waals surface area contributed by atoms with Crippen LogP contribution in [0.4, 0.5) is 4.39 Å². The maximum absolute atomic E-state index is 13.3. The van der Waals surface area contributed by atoms with Crippen LogP contribution in [0.2, 0.25) is 5.02 Å². The van der Waals surface area contributed by atoms with Crippen LogP contribution in [0.3, 0.4) is 0 Å². The zero-order valence-corrected chi connectivity index (χ0v) is 12.4. The van der Waals surface area contributed by atoms with E-state index in [0.717, 1.165) is 0 Å². The fourth-order valence-electron chi connectivity index (χ4n) is 2.89. The smallest absolute Gasteiger partial charge is 0.308 e. The van der Waals surface area contributed by atoms with Crippen molar-refractivity contribution in [1.29, 1.82) is 0 Å². The van der Waals surface area contributed by atoms with Crippen LogP contribution >= 0.6 is 11.6 Å². The van der Waals surface area contributed by atoms with E-state index in [0.29, 0.717) is 31.4 Å². The zero-order valence-electron chi connectivity index (χ0n) is 11.7. The number of likely N-dealkylation sites (tertiary alicyclic amines) is 1. The van der Waals surface area contributed by atoms with Crippen molar-refractivity contribution >= 4 is 23.5 Å². The molecule has 0 aromatic heterocycles. The summed E-state index contributed by atoms with van der Waals surface area (Å²) >= 11 is 5.80. The van der Waals surface area contributed by atoms with Gasteiger partial charge in [0.2, 0.25) is 5.91 Å². The van der Waals surface area contributed by atoms with E-state index in [2.05, 4.69) is 0 Å². The molecule has 2 unspecified atom stereocenters. The second-order valence-electron chi connectivity index (χ2n) is 5.14. The summed E-state index contributed by atoms with van der Waals surface area (Å²) in [5.74, 6) is -2.30. The normalized spacial score (nSPS) is 23.0. The van der Waals surface area contributed by atoms with Crippen molar-refractivity contribution in [2.45, 2.75) is 32.2 Å². The molecule has 1 aromatic rings. The summed E-state index contributed by atoms with van der Waals surface area (Å²) in [4.78, 5) is 25.3. The minimum Gasteiger partial charge on any atom is -0.481 e. The van der Waals surface area contributed by atoms with Crippen LogP contribution in [0.15, 0.2) is 18.2 Å². The molecule has 0 aliphatic carbocycles. The van der Waals surface area contributed by atoms with Gasteiger partial charge in [0, 0.05) is 13.0 Å². The number of rotatable bonds is 3. The zero-order chi connectivity index (χ0) is 15.6. The van der Waals surface area contributed by atoms with Crippen LogP contribution in [0.25, 0.3) is 0 Å². The van der Waals surface area contributed by atoms with Crippen molar-refractivity contribution in [3.05, 3.63) is 34.6 Å². The SMILES string of the molecule is CCN1C(=O)CCCC(C(=O)O)C1c1ccc(F)c(Cl)c1. The van der Waals surface area contributed by atoms with Crippen molar-refractivity contribution in [3.8, 4) is 0 Å². The van der Waals surface area contributed by atoms with Gasteiger partial charge < -0.3 is 10.0 Å². The molecule has 1 heterocycles. The Morgan fingerprint density at radius 1 is 1.52 bits per heavy atom. The van der Waals surface area contributed by atoms with E-state index < -0.39 is 23.7 Å². The quantitative estimate of drug-likeness (QED) is 0.932. The summed E-state index contributed by atoms with van der Waals surface area (Å²) in [7, 11) is 0. The number of carboxylic acids is 1. The van der Waals surface area contributed by atoms with Gasteiger partial charge in [-0.3, -0.25) is 9.59 Å². The second-order valence-corrected chi connectivity index (χ2v) is 5.54. The molecule has 21 heavy (non-hydrogen) atoms. The molecular formula is C15H17ClFNO3. The average molecular weight is 314 g/mol. The minimum absolute atomic E-state index is 0.0654. The molecule has 1 saturated heterocycles. The van der Waals surface area contributed by atoms with Crippen molar-refractivity contribution in [2.24, 2.45) is 5.92 Å². The monoisotopic (exact) mass is 313 g/mol. The standard InChI is InChI=1S/C15H17ClFNO3/c1-2-18-13(19)5-3-4-10(15(20)21)14(18)9-6-7-12(17)11(16)8-9/h6-8,10,14H,2-5H2,1H3,(H,20,21). The Hall–Kier alpha value is -1.62. The lowest BCUT2D eigenvalue weighted by Gasteiger charge is -2.33. The van der Waals surface area contributed by atoms with E-state index in [1.807, 2.05) is 0 Å². The second kappa shape index (κ2) is 6.43. The van der Waals surface area contributed by atoms with Gasteiger partial charge in [-0.2, -0.15) is 0 Å². The first-order chi connectivity index (χ1) is 9.95. The largest absolute Gasteiger partial charge is 0.481 e. The lowest BCUT2D eigenvalue weighted by molar-refractivity contribution is -0.146. The Morgan fingerprint density at radius 2 is 2.24 bits per heavy atom. The van der Waals surface area contributed by atoms with Gasteiger partial charge in [-0.05, 0) is 37.5 Å². The summed E-state index contributed by atoms with van der Waals surface area (Å²) in [5.41, 5.74) is 0.561. The van der Waals surface area contributed by atoms with E-state index >= 15 is 0 Å². The average Bonchev–Trinajstić information content (AvgIpc) is 2.60. The molecule has 6 heteroatoms. The number of hydrogen-bond donors (Lipinski definition) is 1. The highest BCUT2D eigenvalue weighted by Crippen LogP contribution is 2.37. The van der Waals surface area contributed by atoms with Gasteiger partial charge >= 0.3 is 5.97 Å². The Morgan fingerprint density at radius 3 is 2.81 bits per heavy atom. The van der Waals surface area contributed by atoms with E-state index in [9.17, 15) is 19.1 Å². The van der Waals surface area contributed by atoms with Crippen LogP contribution in [0, 0.1) is 11.7 Å². The minimum atomic E-state index is -0.950. The molecule has 0 bridgehead atoms. The molecule has 0 radical (unpaired) electrons. The molecule has 4 nitrogen and oxygen atoms in total. The number of carbonyl (C=O) groups is 2. The van der Waals surface area contributed by atoms with Crippen LogP contribution in [-0.4, -0.2) is 28.4 Å². The summed E-state index contributed by atoms with van der Waals surface area (Å²) in [5, 5.41) is 9.41. The van der Waals surface area contributed by atoms with Crippen molar-refractivity contribution in [3.63, 3.8) is 0 Å². The van der Waals surface area contributed by atoms with Crippen LogP contribution in [0.5, 0.6) is 0 Å². The Balaban J connectivity index is 2.50. The van der Waals surface area contributed by atoms with Crippen molar-refractivity contribution in [1.82, 2.24) is 4.90 Å². The third-order valence-electron chi connectivity index (χ3n) is 3.89. The van der Waals surface area contributed by atoms with Gasteiger partial charge in [0.25, 0.3) is 0 Å². The third-order valence-corrected chi connectivity index (χ3v) is 4.18. The van der Waals surface area contributed by atoms with Gasteiger partial charge in [-0.1, -0.05) is 17.7 Å². The van der Waals surface area contributed by atoms with Gasteiger partial charge in [-0.25, -0.2) is 4.39 Å². The number of nitrogens with zero attached hydrogens (tertiary/aromatic N) is 1. The molecule has 114 valence electrons. The number of carboxylic acid groups (broad SMARTS) is 1. The number of hydrogen-bond acceptors (Lipinski definition) is 2. The van der Waals surface area contributed by atoms with Gasteiger partial charge in [0.1, 0.15) is 5.82 Å². The molecule has 1 aliphatic heterocycles. The molecule has 1 aliphatic rings. The Labute approximate surface area is 127 Å². The molecular weight excluding hydrogens is 297 g/mol. The van der Waals surface area contributed by atoms with E-state index in [4.69, 9.17) is 11.6 Å². The van der Waals surface area contributed by atoms with Crippen LogP contribution in [0.1, 0.15) is 37.8 Å². The summed E-state index contributed by atoms with van der Waals surface area (Å²) in [6.45, 7) is 2.21. The molecule has 0 spiro atoms. The highest BCUT2D eigenvalue weighted by atomic mass is 35.5. The van der Waals surface area contributed by atoms with Gasteiger partial charge in [0.15, 0.2) is 0 Å². The first kappa shape index (κ1) is 15.8. The van der Waals surface area contributed by atoms with Gasteiger partial charge in [0.05, 0.1) is 17.0 Å². The van der Waals surface area contributed by atoms with E-state index in [1.165, 1.54) is 18.2 Å². The molecule has 0 saturated carbocycles. The van der Waals surface area contributed by atoms with Crippen LogP contribution in [-0.2, 0) is 9.59 Å². The lowest BCUT2D eigenvalue weighted by atomic mass is 9.89. The molecule has 1 fully saturated rings. The predicted molar refractivity (Wildman–Crippen MR) is 76.5 cm³/mol. The number of carbonyl (C=O) groups excluding carboxylic acids is 1. The van der Waals surface area contributed by atoms with E-state index in [-0.39, 0.29) is 10.9 Å². The van der Waals surface area contributed by atoms with Gasteiger partial charge in [-0.15, -0.1) is 0 Å². The van der Waals surface area contributed by atoms with Crippen molar-refractivity contribution in [2.75, 3.05) is 6.54 Å². The molecule has 2 rings (SSSR count). The highest BCUT2D eigenvalue weighted by Gasteiger charge is 2.38. The first-order valence-electron chi connectivity index (χ1n) is 6.93. The summed E-state index contributed by atoms with van der Waals surface area (Å²) in [6.07, 6.45) is 1.29. The summed E-state index contributed by atoms with van der Waals surface area (Å²) < 4.78 is 13.3. The fraction of sp³-hybridized carbons (Fsp3) is 0.467. The Kier molecular flexibility index (Phi) is 4.83. The first-order valence-corrected chi connectivity index (χ1v) is 7.30. The predicted octanol–water partition coefficient (Wildman–Crippen LogP) is 3.25. The number of halogens is 2. The van der Waals surface area contributed by atoms with Crippen LogP contribution < -0.4 is 0 Å². The van der Waals surface area contributed by atoms with Crippen molar-refractivity contribution < 1.29 is 19.1 Å². The molecule has 1 N–H and O–H groups in total. The molecule has 1 aromatic carbocycles. The fourth-order valence-corrected chi connectivity index (χ4v) is 3.08. The topological polar surface area (TPSA) is 57.6 Å². The molecule has 1 amide bonds. The third kappa shape index (κ3) is 3.18. The highest BCUT2D eigenvalue weighted by molar-refractivity contribution is 6.30.